The molecule has 2 unspecified atom stereocenters. The highest BCUT2D eigenvalue weighted by Gasteiger charge is 2.44. The lowest BCUT2D eigenvalue weighted by Crippen LogP contribution is -2.41. The first-order valence-corrected chi connectivity index (χ1v) is 3.40. The minimum absolute atomic E-state index is 0.269. The molecule has 0 bridgehead atoms. The molecule has 0 fully saturated rings. The Bertz CT molecular complexity index is 226. The molecule has 0 saturated heterocycles. The summed E-state index contributed by atoms with van der Waals surface area (Å²) < 4.78 is 26.6. The average Bonchev–Trinajstić information content (AvgIpc) is 1.80. The Hall–Kier alpha value is -0.860. The maximum Gasteiger partial charge on any atom is 0.165 e. The number of hydrogen-bond acceptors (Lipinski definition) is 1. The second-order valence-corrected chi connectivity index (χ2v) is 3.13. The van der Waals surface area contributed by atoms with Crippen LogP contribution < -0.4 is 5.73 Å². The van der Waals surface area contributed by atoms with Gasteiger partial charge in [-0.25, -0.2) is 8.78 Å². The van der Waals surface area contributed by atoms with Crippen molar-refractivity contribution in [3.05, 3.63) is 23.9 Å². The third-order valence-electron chi connectivity index (χ3n) is 1.98. The van der Waals surface area contributed by atoms with E-state index in [-0.39, 0.29) is 5.70 Å². The smallest absolute Gasteiger partial charge is 0.165 e. The molecule has 2 atom stereocenters. The Morgan fingerprint density at radius 2 is 1.82 bits per heavy atom. The number of allylic oxidation sites excluding steroid dienone is 3. The van der Waals surface area contributed by atoms with Crippen LogP contribution >= 0.6 is 0 Å². The summed E-state index contributed by atoms with van der Waals surface area (Å²) in [7, 11) is 0. The van der Waals surface area contributed by atoms with Crippen molar-refractivity contribution in [2.24, 2.45) is 5.73 Å². The van der Waals surface area contributed by atoms with Crippen LogP contribution in [0, 0.1) is 0 Å². The maximum atomic E-state index is 13.3. The van der Waals surface area contributed by atoms with E-state index in [1.165, 1.54) is 19.9 Å². The predicted molar refractivity (Wildman–Crippen MR) is 40.4 cm³/mol. The van der Waals surface area contributed by atoms with Gasteiger partial charge >= 0.3 is 0 Å². The van der Waals surface area contributed by atoms with E-state index >= 15 is 0 Å². The van der Waals surface area contributed by atoms with Crippen molar-refractivity contribution < 1.29 is 8.78 Å². The molecule has 0 saturated carbocycles. The zero-order valence-corrected chi connectivity index (χ0v) is 6.57. The van der Waals surface area contributed by atoms with Crippen LogP contribution in [0.3, 0.4) is 0 Å². The molecule has 0 aromatic rings. The van der Waals surface area contributed by atoms with Crippen molar-refractivity contribution in [1.82, 2.24) is 0 Å². The quantitative estimate of drug-likeness (QED) is 0.573. The second-order valence-electron chi connectivity index (χ2n) is 3.13. The summed E-state index contributed by atoms with van der Waals surface area (Å²) >= 11 is 0. The van der Waals surface area contributed by atoms with Crippen LogP contribution in [-0.4, -0.2) is 11.3 Å². The molecule has 1 rings (SSSR count). The highest BCUT2D eigenvalue weighted by molar-refractivity contribution is 5.32. The van der Waals surface area contributed by atoms with E-state index < -0.39 is 11.3 Å². The van der Waals surface area contributed by atoms with Crippen molar-refractivity contribution in [1.29, 1.82) is 0 Å². The average molecular weight is 159 g/mol. The number of halogens is 2. The van der Waals surface area contributed by atoms with Gasteiger partial charge in [-0.3, -0.25) is 0 Å². The Labute approximate surface area is 64.6 Å². The molecule has 1 aliphatic rings. The number of rotatable bonds is 0. The molecular weight excluding hydrogens is 148 g/mol. The number of alkyl halides is 2. The van der Waals surface area contributed by atoms with Crippen molar-refractivity contribution in [2.45, 2.75) is 25.2 Å². The van der Waals surface area contributed by atoms with Crippen molar-refractivity contribution in [3.63, 3.8) is 0 Å². The van der Waals surface area contributed by atoms with E-state index in [0.29, 0.717) is 0 Å². The molecular formula is C8H11F2N. The summed E-state index contributed by atoms with van der Waals surface area (Å²) in [6.07, 6.45) is 3.61. The second kappa shape index (κ2) is 2.06. The zero-order chi connectivity index (χ0) is 8.70. The highest BCUT2D eigenvalue weighted by atomic mass is 19.2. The van der Waals surface area contributed by atoms with Crippen molar-refractivity contribution in [2.75, 3.05) is 0 Å². The monoisotopic (exact) mass is 159 g/mol. The molecule has 1 nitrogen and oxygen atoms in total. The van der Waals surface area contributed by atoms with Crippen LogP contribution in [0.25, 0.3) is 0 Å². The first-order chi connectivity index (χ1) is 4.85. The fraction of sp³-hybridized carbons (Fsp3) is 0.500. The fourth-order valence-corrected chi connectivity index (χ4v) is 0.918. The summed E-state index contributed by atoms with van der Waals surface area (Å²) in [5.74, 6) is 0. The topological polar surface area (TPSA) is 26.0 Å². The van der Waals surface area contributed by atoms with Gasteiger partial charge in [-0.05, 0) is 32.1 Å². The predicted octanol–water partition coefficient (Wildman–Crippen LogP) is 1.86. The molecule has 11 heavy (non-hydrogen) atoms. The van der Waals surface area contributed by atoms with E-state index in [1.807, 2.05) is 0 Å². The van der Waals surface area contributed by atoms with Crippen LogP contribution in [0.15, 0.2) is 23.9 Å². The van der Waals surface area contributed by atoms with E-state index in [9.17, 15) is 8.78 Å². The molecule has 0 heterocycles. The molecule has 0 aliphatic heterocycles. The van der Waals surface area contributed by atoms with Crippen LogP contribution in [0.1, 0.15) is 13.8 Å². The molecule has 3 heteroatoms. The molecule has 0 amide bonds. The standard InChI is InChI=1S/C8H11F2N/c1-7(9)4-3-6(11)5-8(7,2)10/h3-5H,11H2,1-2H3. The third kappa shape index (κ3) is 1.27. The SMILES string of the molecule is CC1(F)C=CC(N)=CC1(C)F. The molecule has 62 valence electrons. The van der Waals surface area contributed by atoms with E-state index in [1.54, 1.807) is 0 Å². The van der Waals surface area contributed by atoms with Crippen LogP contribution in [0.2, 0.25) is 0 Å². The highest BCUT2D eigenvalue weighted by Crippen LogP contribution is 2.36. The van der Waals surface area contributed by atoms with Gasteiger partial charge in [-0.15, -0.1) is 0 Å². The zero-order valence-electron chi connectivity index (χ0n) is 6.57. The van der Waals surface area contributed by atoms with E-state index in [4.69, 9.17) is 5.73 Å². The van der Waals surface area contributed by atoms with Gasteiger partial charge < -0.3 is 5.73 Å². The minimum Gasteiger partial charge on any atom is -0.399 e. The Kier molecular flexibility index (Phi) is 1.54. The van der Waals surface area contributed by atoms with Crippen LogP contribution in [0.4, 0.5) is 8.78 Å². The van der Waals surface area contributed by atoms with E-state index in [2.05, 4.69) is 0 Å². The first kappa shape index (κ1) is 8.24. The third-order valence-corrected chi connectivity index (χ3v) is 1.98. The van der Waals surface area contributed by atoms with Crippen LogP contribution in [-0.2, 0) is 0 Å². The summed E-state index contributed by atoms with van der Waals surface area (Å²) in [5, 5.41) is 0. The lowest BCUT2D eigenvalue weighted by atomic mass is 9.85. The van der Waals surface area contributed by atoms with Crippen molar-refractivity contribution >= 4 is 0 Å². The largest absolute Gasteiger partial charge is 0.399 e. The maximum absolute atomic E-state index is 13.3. The van der Waals surface area contributed by atoms with Gasteiger partial charge in [0.25, 0.3) is 0 Å². The van der Waals surface area contributed by atoms with Gasteiger partial charge in [0.2, 0.25) is 0 Å². The minimum atomic E-state index is -1.99. The Balaban J connectivity index is 3.04. The molecule has 2 N–H and O–H groups in total. The van der Waals surface area contributed by atoms with Crippen LogP contribution in [0.5, 0.6) is 0 Å². The lowest BCUT2D eigenvalue weighted by Gasteiger charge is -2.31. The lowest BCUT2D eigenvalue weighted by molar-refractivity contribution is 0.0599. The molecule has 0 radical (unpaired) electrons. The fourth-order valence-electron chi connectivity index (χ4n) is 0.918. The molecule has 0 aromatic heterocycles. The first-order valence-electron chi connectivity index (χ1n) is 3.40. The van der Waals surface area contributed by atoms with E-state index in [0.717, 1.165) is 12.2 Å². The number of hydrogen-bond donors (Lipinski definition) is 1. The summed E-state index contributed by atoms with van der Waals surface area (Å²) in [4.78, 5) is 0. The Morgan fingerprint density at radius 3 is 2.18 bits per heavy atom. The Morgan fingerprint density at radius 1 is 1.27 bits per heavy atom. The number of nitrogens with two attached hydrogens (primary N) is 1. The molecule has 0 spiro atoms. The molecule has 1 aliphatic carbocycles. The van der Waals surface area contributed by atoms with Gasteiger partial charge in [0.1, 0.15) is 0 Å². The van der Waals surface area contributed by atoms with Gasteiger partial charge in [0.15, 0.2) is 11.3 Å². The summed E-state index contributed by atoms with van der Waals surface area (Å²) in [5.41, 5.74) is 1.62. The summed E-state index contributed by atoms with van der Waals surface area (Å²) in [6.45, 7) is 2.36. The van der Waals surface area contributed by atoms with Gasteiger partial charge in [-0.1, -0.05) is 0 Å². The van der Waals surface area contributed by atoms with Crippen molar-refractivity contribution in [3.8, 4) is 0 Å². The van der Waals surface area contributed by atoms with Gasteiger partial charge in [0, 0.05) is 5.70 Å². The van der Waals surface area contributed by atoms with Gasteiger partial charge in [-0.2, -0.15) is 0 Å². The summed E-state index contributed by atoms with van der Waals surface area (Å²) in [6, 6.07) is 0. The normalized spacial score (nSPS) is 43.8. The van der Waals surface area contributed by atoms with Gasteiger partial charge in [0.05, 0.1) is 0 Å². The molecule has 0 aromatic carbocycles.